The lowest BCUT2D eigenvalue weighted by molar-refractivity contribution is -0.192. The fourth-order valence-electron chi connectivity index (χ4n) is 3.79. The van der Waals surface area contributed by atoms with Gasteiger partial charge in [0.2, 0.25) is 5.91 Å². The average Bonchev–Trinajstić information content (AvgIpc) is 3.32. The first kappa shape index (κ1) is 27.4. The maximum absolute atomic E-state index is 13.6. The highest BCUT2D eigenvalue weighted by Crippen LogP contribution is 2.28. The second-order valence-corrected chi connectivity index (χ2v) is 8.17. The van der Waals surface area contributed by atoms with E-state index in [0.29, 0.717) is 17.8 Å². The fraction of sp³-hybridized carbons (Fsp3) is 0.240. The first-order valence-electron chi connectivity index (χ1n) is 11.1. The zero-order valence-corrected chi connectivity index (χ0v) is 19.3. The van der Waals surface area contributed by atoms with E-state index in [2.05, 4.69) is 10.6 Å². The second-order valence-electron chi connectivity index (χ2n) is 8.17. The van der Waals surface area contributed by atoms with E-state index in [1.165, 1.54) is 12.1 Å². The van der Waals surface area contributed by atoms with Gasteiger partial charge in [-0.3, -0.25) is 9.59 Å². The van der Waals surface area contributed by atoms with Crippen LogP contribution in [0.25, 0.3) is 11.1 Å². The normalized spacial score (nSPS) is 15.5. The van der Waals surface area contributed by atoms with Gasteiger partial charge in [-0.25, -0.2) is 9.18 Å². The SMILES string of the molecule is NC[C@@H](NC(=O)C[C@H]1CNC(=O)c2cc(-c3cccc(F)c3)cn21)c1ccccc1.O=C(O)C(F)(F)F. The van der Waals surface area contributed by atoms with Gasteiger partial charge in [0.05, 0.1) is 12.1 Å². The lowest BCUT2D eigenvalue weighted by Crippen LogP contribution is -2.41. The van der Waals surface area contributed by atoms with Gasteiger partial charge in [-0.15, -0.1) is 0 Å². The minimum atomic E-state index is -5.08. The Morgan fingerprint density at radius 3 is 2.38 bits per heavy atom. The Hall–Kier alpha value is -4.19. The molecule has 4 rings (SSSR count). The average molecular weight is 520 g/mol. The Bertz CT molecular complexity index is 1260. The van der Waals surface area contributed by atoms with Crippen molar-refractivity contribution >= 4 is 17.8 Å². The third-order valence-corrected chi connectivity index (χ3v) is 5.57. The number of nitrogens with two attached hydrogens (primary N) is 1. The highest BCUT2D eigenvalue weighted by molar-refractivity contribution is 5.95. The topological polar surface area (TPSA) is 126 Å². The maximum atomic E-state index is 13.6. The minimum absolute atomic E-state index is 0.151. The number of carboxylic acid groups (broad SMARTS) is 1. The summed E-state index contributed by atoms with van der Waals surface area (Å²) in [5.41, 5.74) is 8.67. The monoisotopic (exact) mass is 520 g/mol. The number of nitrogens with one attached hydrogen (secondary N) is 2. The van der Waals surface area contributed by atoms with Crippen molar-refractivity contribution in [3.05, 3.63) is 83.9 Å². The standard InChI is InChI=1S/C23H23FN4O2.C2HF3O2/c24-18-8-4-7-16(9-18)17-10-21-23(30)26-13-19(28(21)14-17)11-22(29)27-20(12-25)15-5-2-1-3-6-15;3-2(4,5)1(6)7/h1-10,14,19-20H,11-13,25H2,(H,26,30)(H,27,29);(H,6,7)/t19-,20+;/m0./s1. The number of hydrogen-bond donors (Lipinski definition) is 4. The molecule has 0 unspecified atom stereocenters. The maximum Gasteiger partial charge on any atom is 0.490 e. The highest BCUT2D eigenvalue weighted by Gasteiger charge is 2.38. The number of carboxylic acids is 1. The van der Waals surface area contributed by atoms with Crippen molar-refractivity contribution in [2.24, 2.45) is 5.73 Å². The van der Waals surface area contributed by atoms with E-state index in [1.807, 2.05) is 30.3 Å². The lowest BCUT2D eigenvalue weighted by Gasteiger charge is -2.27. The molecule has 2 heterocycles. The van der Waals surface area contributed by atoms with E-state index in [9.17, 15) is 27.2 Å². The quantitative estimate of drug-likeness (QED) is 0.371. The molecule has 2 amide bonds. The molecule has 2 aromatic carbocycles. The van der Waals surface area contributed by atoms with Crippen molar-refractivity contribution in [1.29, 1.82) is 0 Å². The summed E-state index contributed by atoms with van der Waals surface area (Å²) in [5, 5.41) is 12.9. The first-order valence-corrected chi connectivity index (χ1v) is 11.1. The molecule has 12 heteroatoms. The van der Waals surface area contributed by atoms with Crippen LogP contribution in [-0.2, 0) is 9.59 Å². The number of hydrogen-bond acceptors (Lipinski definition) is 4. The molecule has 0 fully saturated rings. The molecule has 0 radical (unpaired) electrons. The van der Waals surface area contributed by atoms with Crippen LogP contribution in [0.3, 0.4) is 0 Å². The van der Waals surface area contributed by atoms with Gasteiger partial charge in [-0.05, 0) is 29.3 Å². The van der Waals surface area contributed by atoms with Crippen molar-refractivity contribution in [2.45, 2.75) is 24.7 Å². The van der Waals surface area contributed by atoms with Crippen molar-refractivity contribution in [2.75, 3.05) is 13.1 Å². The Morgan fingerprint density at radius 2 is 1.78 bits per heavy atom. The summed E-state index contributed by atoms with van der Waals surface area (Å²) in [4.78, 5) is 33.9. The zero-order valence-electron chi connectivity index (χ0n) is 19.3. The number of carbonyl (C=O) groups is 3. The summed E-state index contributed by atoms with van der Waals surface area (Å²) in [5.74, 6) is -3.46. The molecule has 37 heavy (non-hydrogen) atoms. The molecule has 0 spiro atoms. The Kier molecular flexibility index (Phi) is 8.66. The van der Waals surface area contributed by atoms with Crippen LogP contribution < -0.4 is 16.4 Å². The molecule has 2 atom stereocenters. The van der Waals surface area contributed by atoms with E-state index < -0.39 is 12.1 Å². The molecule has 3 aromatic rings. The summed E-state index contributed by atoms with van der Waals surface area (Å²) in [6.45, 7) is 0.630. The highest BCUT2D eigenvalue weighted by atomic mass is 19.4. The van der Waals surface area contributed by atoms with E-state index in [1.54, 1.807) is 29.0 Å². The van der Waals surface area contributed by atoms with Crippen LogP contribution in [0.5, 0.6) is 0 Å². The largest absolute Gasteiger partial charge is 0.490 e. The number of carbonyl (C=O) groups excluding carboxylic acids is 2. The Labute approximate surface area is 209 Å². The smallest absolute Gasteiger partial charge is 0.475 e. The number of aliphatic carboxylic acids is 1. The molecular formula is C25H24F4N4O4. The van der Waals surface area contributed by atoms with Gasteiger partial charge in [0, 0.05) is 31.3 Å². The van der Waals surface area contributed by atoms with Gasteiger partial charge in [0.15, 0.2) is 0 Å². The van der Waals surface area contributed by atoms with Gasteiger partial charge in [0.1, 0.15) is 11.5 Å². The van der Waals surface area contributed by atoms with Crippen molar-refractivity contribution in [1.82, 2.24) is 15.2 Å². The molecule has 0 bridgehead atoms. The van der Waals surface area contributed by atoms with Gasteiger partial charge in [-0.1, -0.05) is 42.5 Å². The molecule has 1 aliphatic rings. The number of aromatic nitrogens is 1. The number of alkyl halides is 3. The molecule has 0 aliphatic carbocycles. The summed E-state index contributed by atoms with van der Waals surface area (Å²) < 4.78 is 47.1. The van der Waals surface area contributed by atoms with Gasteiger partial charge >= 0.3 is 12.1 Å². The number of fused-ring (bicyclic) bond motifs is 1. The summed E-state index contributed by atoms with van der Waals surface area (Å²) in [6, 6.07) is 17.0. The number of amides is 2. The minimum Gasteiger partial charge on any atom is -0.475 e. The number of benzene rings is 2. The first-order chi connectivity index (χ1) is 17.5. The fourth-order valence-corrected chi connectivity index (χ4v) is 3.79. The summed E-state index contributed by atoms with van der Waals surface area (Å²) in [7, 11) is 0. The van der Waals surface area contributed by atoms with E-state index in [-0.39, 0.29) is 42.7 Å². The Balaban J connectivity index is 0.000000479. The van der Waals surface area contributed by atoms with Crippen LogP contribution in [0.1, 0.15) is 34.6 Å². The van der Waals surface area contributed by atoms with Crippen molar-refractivity contribution < 1.29 is 37.1 Å². The van der Waals surface area contributed by atoms with E-state index in [0.717, 1.165) is 11.1 Å². The summed E-state index contributed by atoms with van der Waals surface area (Å²) >= 11 is 0. The molecule has 8 nitrogen and oxygen atoms in total. The molecular weight excluding hydrogens is 496 g/mol. The lowest BCUT2D eigenvalue weighted by atomic mass is 10.1. The van der Waals surface area contributed by atoms with Gasteiger partial charge in [0.25, 0.3) is 5.91 Å². The van der Waals surface area contributed by atoms with E-state index >= 15 is 0 Å². The number of halogens is 4. The van der Waals surface area contributed by atoms with Gasteiger partial charge < -0.3 is 26.0 Å². The predicted molar refractivity (Wildman–Crippen MR) is 126 cm³/mol. The molecule has 1 aliphatic heterocycles. The third kappa shape index (κ3) is 7.17. The third-order valence-electron chi connectivity index (χ3n) is 5.57. The van der Waals surface area contributed by atoms with Crippen molar-refractivity contribution in [3.8, 4) is 11.1 Å². The van der Waals surface area contributed by atoms with Crippen LogP contribution in [0.15, 0.2) is 66.9 Å². The van der Waals surface area contributed by atoms with Crippen LogP contribution in [0.4, 0.5) is 17.6 Å². The molecule has 0 saturated carbocycles. The van der Waals surface area contributed by atoms with Crippen LogP contribution in [0, 0.1) is 5.82 Å². The molecule has 0 saturated heterocycles. The summed E-state index contributed by atoms with van der Waals surface area (Å²) in [6.07, 6.45) is -3.09. The molecule has 5 N–H and O–H groups in total. The predicted octanol–water partition coefficient (Wildman–Crippen LogP) is 3.42. The molecule has 1 aromatic heterocycles. The zero-order chi connectivity index (χ0) is 27.2. The van der Waals surface area contributed by atoms with Crippen molar-refractivity contribution in [3.63, 3.8) is 0 Å². The number of rotatable bonds is 6. The van der Waals surface area contributed by atoms with Crippen LogP contribution >= 0.6 is 0 Å². The second kappa shape index (κ2) is 11.7. The number of nitrogens with zero attached hydrogens (tertiary/aromatic N) is 1. The molecule has 196 valence electrons. The Morgan fingerprint density at radius 1 is 1.11 bits per heavy atom. The van der Waals surface area contributed by atoms with Crippen LogP contribution in [0.2, 0.25) is 0 Å². The van der Waals surface area contributed by atoms with Gasteiger partial charge in [-0.2, -0.15) is 13.2 Å². The van der Waals surface area contributed by atoms with E-state index in [4.69, 9.17) is 15.6 Å². The van der Waals surface area contributed by atoms with Crippen LogP contribution in [-0.4, -0.2) is 46.7 Å².